The number of hydrogen-bond donors (Lipinski definition) is 2. The van der Waals surface area contributed by atoms with Crippen LogP contribution in [0, 0.1) is 0 Å². The number of carbonyl (C=O) groups excluding carboxylic acids is 2. The molecule has 2 N–H and O–H groups in total. The second-order valence-corrected chi connectivity index (χ2v) is 5.02. The van der Waals surface area contributed by atoms with Crippen molar-refractivity contribution in [3.8, 4) is 11.5 Å². The molecule has 1 atom stereocenters. The molecule has 0 unspecified atom stereocenters. The third kappa shape index (κ3) is 4.04. The van der Waals surface area contributed by atoms with Gasteiger partial charge in [-0.3, -0.25) is 9.59 Å². The van der Waals surface area contributed by atoms with Crippen LogP contribution in [0.5, 0.6) is 11.5 Å². The largest absolute Gasteiger partial charge is 0.493 e. The quantitative estimate of drug-likeness (QED) is 0.854. The van der Waals surface area contributed by atoms with Gasteiger partial charge >= 0.3 is 0 Å². The van der Waals surface area contributed by atoms with Crippen molar-refractivity contribution in [1.82, 2.24) is 5.32 Å². The van der Waals surface area contributed by atoms with Gasteiger partial charge in [0.1, 0.15) is 0 Å². The van der Waals surface area contributed by atoms with Crippen LogP contribution in [0.15, 0.2) is 48.5 Å². The van der Waals surface area contributed by atoms with Gasteiger partial charge in [-0.25, -0.2) is 0 Å². The minimum atomic E-state index is -0.765. The zero-order chi connectivity index (χ0) is 17.5. The fourth-order valence-corrected chi connectivity index (χ4v) is 2.12. The number of rotatable bonds is 6. The Hall–Kier alpha value is -3.02. The van der Waals surface area contributed by atoms with Crippen LogP contribution >= 0.6 is 0 Å². The smallest absolute Gasteiger partial charge is 0.265 e. The maximum Gasteiger partial charge on any atom is 0.265 e. The molecule has 0 bridgehead atoms. The lowest BCUT2D eigenvalue weighted by molar-refractivity contribution is -0.122. The molecule has 0 heterocycles. The summed E-state index contributed by atoms with van der Waals surface area (Å²) in [5.74, 6) is 0.381. The topological polar surface area (TPSA) is 76.7 Å². The van der Waals surface area contributed by atoms with E-state index in [-0.39, 0.29) is 11.8 Å². The van der Waals surface area contributed by atoms with Gasteiger partial charge in [0.05, 0.1) is 18.4 Å². The molecule has 126 valence electrons. The van der Waals surface area contributed by atoms with Crippen LogP contribution in [0.2, 0.25) is 0 Å². The number of para-hydroxylation sites is 3. The summed E-state index contributed by atoms with van der Waals surface area (Å²) in [6.07, 6.45) is -0.765. The molecule has 2 rings (SSSR count). The lowest BCUT2D eigenvalue weighted by atomic mass is 10.1. The Kier molecular flexibility index (Phi) is 5.78. The second-order valence-electron chi connectivity index (χ2n) is 5.02. The standard InChI is InChI=1S/C18H20N2O4/c1-12(24-16-11-7-6-10-15(16)23-3)17(21)20-14-9-5-4-8-13(14)18(22)19-2/h4-12H,1-3H3,(H,19,22)(H,20,21)/t12-/m1/s1. The van der Waals surface area contributed by atoms with E-state index in [9.17, 15) is 9.59 Å². The highest BCUT2D eigenvalue weighted by Gasteiger charge is 2.19. The van der Waals surface area contributed by atoms with Crippen molar-refractivity contribution in [3.05, 3.63) is 54.1 Å². The first-order chi connectivity index (χ1) is 11.6. The fourth-order valence-electron chi connectivity index (χ4n) is 2.12. The predicted octanol–water partition coefficient (Wildman–Crippen LogP) is 2.46. The molecule has 0 aliphatic carbocycles. The molecule has 0 aliphatic rings. The highest BCUT2D eigenvalue weighted by molar-refractivity contribution is 6.04. The lowest BCUT2D eigenvalue weighted by Gasteiger charge is -2.17. The van der Waals surface area contributed by atoms with E-state index in [1.165, 1.54) is 14.2 Å². The third-order valence-electron chi connectivity index (χ3n) is 3.40. The summed E-state index contributed by atoms with van der Waals surface area (Å²) in [6.45, 7) is 1.63. The number of benzene rings is 2. The third-order valence-corrected chi connectivity index (χ3v) is 3.40. The van der Waals surface area contributed by atoms with Crippen LogP contribution < -0.4 is 20.1 Å². The molecule has 0 saturated carbocycles. The van der Waals surface area contributed by atoms with Gasteiger partial charge in [0, 0.05) is 7.05 Å². The van der Waals surface area contributed by atoms with Crippen molar-refractivity contribution >= 4 is 17.5 Å². The molecule has 0 saturated heterocycles. The zero-order valence-corrected chi connectivity index (χ0v) is 13.8. The number of carbonyl (C=O) groups is 2. The highest BCUT2D eigenvalue weighted by Crippen LogP contribution is 2.27. The first-order valence-corrected chi connectivity index (χ1v) is 7.48. The van der Waals surface area contributed by atoms with E-state index in [2.05, 4.69) is 10.6 Å². The molecule has 0 spiro atoms. The van der Waals surface area contributed by atoms with Crippen molar-refractivity contribution in [3.63, 3.8) is 0 Å². The van der Waals surface area contributed by atoms with Crippen LogP contribution in [0.3, 0.4) is 0 Å². The van der Waals surface area contributed by atoms with Crippen LogP contribution in [0.1, 0.15) is 17.3 Å². The Morgan fingerprint density at radius 1 is 1.00 bits per heavy atom. The average Bonchev–Trinajstić information content (AvgIpc) is 2.61. The van der Waals surface area contributed by atoms with E-state index in [1.54, 1.807) is 49.4 Å². The number of methoxy groups -OCH3 is 1. The van der Waals surface area contributed by atoms with E-state index in [0.717, 1.165) is 0 Å². The molecule has 24 heavy (non-hydrogen) atoms. The van der Waals surface area contributed by atoms with Crippen LogP contribution in [0.4, 0.5) is 5.69 Å². The number of hydrogen-bond acceptors (Lipinski definition) is 4. The lowest BCUT2D eigenvalue weighted by Crippen LogP contribution is -2.31. The number of amides is 2. The number of anilines is 1. The fraction of sp³-hybridized carbons (Fsp3) is 0.222. The van der Waals surface area contributed by atoms with Gasteiger partial charge in [-0.1, -0.05) is 24.3 Å². The van der Waals surface area contributed by atoms with Gasteiger partial charge < -0.3 is 20.1 Å². The maximum absolute atomic E-state index is 12.4. The Bertz CT molecular complexity index is 730. The molecular formula is C18H20N2O4. The van der Waals surface area contributed by atoms with E-state index in [4.69, 9.17) is 9.47 Å². The highest BCUT2D eigenvalue weighted by atomic mass is 16.5. The van der Waals surface area contributed by atoms with Gasteiger partial charge in [0.15, 0.2) is 17.6 Å². The van der Waals surface area contributed by atoms with E-state index in [1.807, 2.05) is 6.07 Å². The van der Waals surface area contributed by atoms with Gasteiger partial charge in [-0.05, 0) is 31.2 Å². The normalized spacial score (nSPS) is 11.3. The SMILES string of the molecule is CNC(=O)c1ccccc1NC(=O)[C@@H](C)Oc1ccccc1OC. The molecular weight excluding hydrogens is 308 g/mol. The Morgan fingerprint density at radius 3 is 2.29 bits per heavy atom. The summed E-state index contributed by atoms with van der Waals surface area (Å²) in [6, 6.07) is 13.9. The number of nitrogens with one attached hydrogen (secondary N) is 2. The molecule has 0 aliphatic heterocycles. The minimum absolute atomic E-state index is 0.274. The van der Waals surface area contributed by atoms with Crippen LogP contribution in [0.25, 0.3) is 0 Å². The summed E-state index contributed by atoms with van der Waals surface area (Å²) in [5.41, 5.74) is 0.815. The first kappa shape index (κ1) is 17.3. The van der Waals surface area contributed by atoms with Crippen molar-refractivity contribution in [1.29, 1.82) is 0 Å². The summed E-state index contributed by atoms with van der Waals surface area (Å²) in [7, 11) is 3.07. The van der Waals surface area contributed by atoms with Crippen molar-refractivity contribution in [2.75, 3.05) is 19.5 Å². The number of ether oxygens (including phenoxy) is 2. The van der Waals surface area contributed by atoms with E-state index < -0.39 is 6.10 Å². The van der Waals surface area contributed by atoms with Crippen molar-refractivity contribution in [2.45, 2.75) is 13.0 Å². The van der Waals surface area contributed by atoms with Crippen molar-refractivity contribution < 1.29 is 19.1 Å². The second kappa shape index (κ2) is 8.01. The Labute approximate surface area is 140 Å². The van der Waals surface area contributed by atoms with Gasteiger partial charge in [-0.2, -0.15) is 0 Å². The van der Waals surface area contributed by atoms with E-state index in [0.29, 0.717) is 22.7 Å². The molecule has 0 aromatic heterocycles. The van der Waals surface area contributed by atoms with E-state index >= 15 is 0 Å². The Morgan fingerprint density at radius 2 is 1.62 bits per heavy atom. The van der Waals surface area contributed by atoms with Gasteiger partial charge in [-0.15, -0.1) is 0 Å². The molecule has 2 aromatic carbocycles. The summed E-state index contributed by atoms with van der Waals surface area (Å²) < 4.78 is 10.9. The zero-order valence-electron chi connectivity index (χ0n) is 13.8. The molecule has 6 nitrogen and oxygen atoms in total. The average molecular weight is 328 g/mol. The molecule has 0 radical (unpaired) electrons. The van der Waals surface area contributed by atoms with Gasteiger partial charge in [0.2, 0.25) is 0 Å². The summed E-state index contributed by atoms with van der Waals surface area (Å²) in [5, 5.41) is 5.26. The van der Waals surface area contributed by atoms with Gasteiger partial charge in [0.25, 0.3) is 11.8 Å². The molecule has 0 fully saturated rings. The first-order valence-electron chi connectivity index (χ1n) is 7.48. The molecule has 2 amide bonds. The Balaban J connectivity index is 2.11. The summed E-state index contributed by atoms with van der Waals surface area (Å²) >= 11 is 0. The molecule has 6 heteroatoms. The van der Waals surface area contributed by atoms with Crippen LogP contribution in [-0.2, 0) is 4.79 Å². The summed E-state index contributed by atoms with van der Waals surface area (Å²) in [4.78, 5) is 24.2. The van der Waals surface area contributed by atoms with Crippen LogP contribution in [-0.4, -0.2) is 32.1 Å². The van der Waals surface area contributed by atoms with Crippen molar-refractivity contribution in [2.24, 2.45) is 0 Å². The predicted molar refractivity (Wildman–Crippen MR) is 91.5 cm³/mol. The molecule has 2 aromatic rings. The monoisotopic (exact) mass is 328 g/mol. The minimum Gasteiger partial charge on any atom is -0.493 e. The maximum atomic E-state index is 12.4.